The number of hydrogen-bond donors (Lipinski definition) is 0. The Morgan fingerprint density at radius 2 is 1.52 bits per heavy atom. The third-order valence-corrected chi connectivity index (χ3v) is 4.35. The molecule has 0 aliphatic carbocycles. The largest absolute Gasteiger partial charge is 0.372 e. The van der Waals surface area contributed by atoms with Crippen LogP contribution in [0.2, 0.25) is 0 Å². The van der Waals surface area contributed by atoms with Crippen LogP contribution in [0.4, 0.5) is 8.78 Å². The highest BCUT2D eigenvalue weighted by Gasteiger charge is 2.18. The molecule has 0 heterocycles. The highest BCUT2D eigenvalue weighted by atomic mass is 19.1. The van der Waals surface area contributed by atoms with E-state index in [1.54, 1.807) is 0 Å². The fraction of sp³-hybridized carbons (Fsp3) is 0.429. The van der Waals surface area contributed by atoms with Crippen molar-refractivity contribution >= 4 is 0 Å². The van der Waals surface area contributed by atoms with Crippen molar-refractivity contribution in [3.63, 3.8) is 0 Å². The summed E-state index contributed by atoms with van der Waals surface area (Å²) in [5, 5.41) is 0. The topological polar surface area (TPSA) is 12.5 Å². The van der Waals surface area contributed by atoms with Crippen LogP contribution in [-0.2, 0) is 11.2 Å². The third kappa shape index (κ3) is 5.35. The molecule has 0 amide bonds. The van der Waals surface area contributed by atoms with Crippen molar-refractivity contribution < 1.29 is 13.5 Å². The number of nitrogens with zero attached hydrogens (tertiary/aromatic N) is 1. The van der Waals surface area contributed by atoms with Crippen molar-refractivity contribution in [2.24, 2.45) is 0 Å². The van der Waals surface area contributed by atoms with E-state index in [-0.39, 0.29) is 11.7 Å². The second-order valence-corrected chi connectivity index (χ2v) is 6.73. The molecule has 2 aromatic rings. The Morgan fingerprint density at radius 1 is 0.960 bits per heavy atom. The molecular formula is C21H27F2NO. The first kappa shape index (κ1) is 19.5. The zero-order valence-electron chi connectivity index (χ0n) is 15.5. The van der Waals surface area contributed by atoms with E-state index in [0.717, 1.165) is 6.54 Å². The molecule has 0 spiro atoms. The average molecular weight is 347 g/mol. The molecule has 0 fully saturated rings. The Labute approximate surface area is 149 Å². The highest BCUT2D eigenvalue weighted by molar-refractivity contribution is 5.35. The van der Waals surface area contributed by atoms with Gasteiger partial charge in [0.05, 0.1) is 6.10 Å². The fourth-order valence-electron chi connectivity index (χ4n) is 3.14. The first-order chi connectivity index (χ1) is 11.9. The smallest absolute Gasteiger partial charge is 0.129 e. The maximum atomic E-state index is 13.7. The first-order valence-electron chi connectivity index (χ1n) is 8.65. The van der Waals surface area contributed by atoms with Gasteiger partial charge in [-0.2, -0.15) is 0 Å². The molecule has 1 unspecified atom stereocenters. The normalized spacial score (nSPS) is 12.6. The molecule has 2 aromatic carbocycles. The molecule has 0 aromatic heterocycles. The molecule has 2 rings (SSSR count). The van der Waals surface area contributed by atoms with Gasteiger partial charge in [0.2, 0.25) is 0 Å². The number of halogens is 2. The van der Waals surface area contributed by atoms with Gasteiger partial charge in [-0.05, 0) is 69.6 Å². The summed E-state index contributed by atoms with van der Waals surface area (Å²) in [5.74, 6) is -0.973. The Balaban J connectivity index is 2.01. The van der Waals surface area contributed by atoms with Crippen molar-refractivity contribution in [1.29, 1.82) is 0 Å². The molecule has 0 N–H and O–H groups in total. The van der Waals surface area contributed by atoms with Crippen molar-refractivity contribution in [2.45, 2.75) is 32.8 Å². The van der Waals surface area contributed by atoms with Crippen LogP contribution >= 0.6 is 0 Å². The minimum Gasteiger partial charge on any atom is -0.372 e. The van der Waals surface area contributed by atoms with E-state index < -0.39 is 11.6 Å². The molecule has 4 heteroatoms. The second-order valence-electron chi connectivity index (χ2n) is 6.73. The summed E-state index contributed by atoms with van der Waals surface area (Å²) < 4.78 is 33.5. The average Bonchev–Trinajstić information content (AvgIpc) is 2.52. The molecule has 0 saturated carbocycles. The van der Waals surface area contributed by atoms with Gasteiger partial charge in [0, 0.05) is 18.7 Å². The summed E-state index contributed by atoms with van der Waals surface area (Å²) in [7, 11) is 4.03. The van der Waals surface area contributed by atoms with Gasteiger partial charge in [0.25, 0.3) is 0 Å². The third-order valence-electron chi connectivity index (χ3n) is 4.35. The lowest BCUT2D eigenvalue weighted by molar-refractivity contribution is 0.0326. The van der Waals surface area contributed by atoms with Gasteiger partial charge in [-0.15, -0.1) is 0 Å². The molecule has 0 aliphatic rings. The summed E-state index contributed by atoms with van der Waals surface area (Å²) in [5.41, 5.74) is 3.75. The molecular weight excluding hydrogens is 320 g/mol. The van der Waals surface area contributed by atoms with E-state index in [2.05, 4.69) is 30.9 Å². The number of likely N-dealkylation sites (N-methyl/N-ethyl adjacent to an activating group) is 1. The molecule has 25 heavy (non-hydrogen) atoms. The first-order valence-corrected chi connectivity index (χ1v) is 8.65. The minimum absolute atomic E-state index is 0.0540. The maximum absolute atomic E-state index is 13.7. The van der Waals surface area contributed by atoms with Crippen molar-refractivity contribution in [1.82, 2.24) is 4.90 Å². The minimum atomic E-state index is -0.486. The van der Waals surface area contributed by atoms with Gasteiger partial charge in [-0.1, -0.05) is 24.3 Å². The highest BCUT2D eigenvalue weighted by Crippen LogP contribution is 2.26. The van der Waals surface area contributed by atoms with Crippen LogP contribution in [0.15, 0.2) is 36.4 Å². The van der Waals surface area contributed by atoms with E-state index in [1.807, 2.05) is 20.2 Å². The monoisotopic (exact) mass is 347 g/mol. The van der Waals surface area contributed by atoms with Gasteiger partial charge < -0.3 is 9.64 Å². The predicted octanol–water partition coefficient (Wildman–Crippen LogP) is 4.83. The molecule has 0 saturated heterocycles. The fourth-order valence-corrected chi connectivity index (χ4v) is 3.14. The van der Waals surface area contributed by atoms with Crippen LogP contribution in [-0.4, -0.2) is 32.1 Å². The van der Waals surface area contributed by atoms with Crippen LogP contribution in [0.25, 0.3) is 0 Å². The number of benzene rings is 2. The summed E-state index contributed by atoms with van der Waals surface area (Å²) in [6.07, 6.45) is 0.855. The van der Waals surface area contributed by atoms with Crippen LogP contribution in [0.3, 0.4) is 0 Å². The number of hydrogen-bond acceptors (Lipinski definition) is 2. The summed E-state index contributed by atoms with van der Waals surface area (Å²) in [6, 6.07) is 10.2. The second kappa shape index (κ2) is 9.07. The Hall–Kier alpha value is -1.78. The van der Waals surface area contributed by atoms with Gasteiger partial charge in [-0.3, -0.25) is 0 Å². The number of ether oxygens (including phenoxy) is 1. The van der Waals surface area contributed by atoms with Gasteiger partial charge in [-0.25, -0.2) is 8.78 Å². The predicted molar refractivity (Wildman–Crippen MR) is 97.8 cm³/mol. The van der Waals surface area contributed by atoms with Crippen molar-refractivity contribution in [3.8, 4) is 0 Å². The SMILES string of the molecule is Cc1cccc(C)c1C(CN(C)C)OCCCc1c(F)cccc1F. The van der Waals surface area contributed by atoms with E-state index in [0.29, 0.717) is 19.4 Å². The number of aryl methyl sites for hydroxylation is 2. The quantitative estimate of drug-likeness (QED) is 0.634. The lowest BCUT2D eigenvalue weighted by atomic mass is 9.97. The van der Waals surface area contributed by atoms with E-state index >= 15 is 0 Å². The zero-order valence-corrected chi connectivity index (χ0v) is 15.5. The Bertz CT molecular complexity index is 660. The molecule has 2 nitrogen and oxygen atoms in total. The standard InChI is InChI=1S/C21H27F2NO/c1-15-8-5-9-16(2)21(15)20(14-24(3)4)25-13-7-10-17-18(22)11-6-12-19(17)23/h5-6,8-9,11-12,20H,7,10,13-14H2,1-4H3. The van der Waals surface area contributed by atoms with E-state index in [1.165, 1.54) is 34.9 Å². The number of rotatable bonds is 8. The van der Waals surface area contributed by atoms with E-state index in [9.17, 15) is 8.78 Å². The molecule has 0 bridgehead atoms. The van der Waals surface area contributed by atoms with Crippen molar-refractivity contribution in [2.75, 3.05) is 27.2 Å². The Kier molecular flexibility index (Phi) is 7.09. The Morgan fingerprint density at radius 3 is 2.08 bits per heavy atom. The lowest BCUT2D eigenvalue weighted by Gasteiger charge is -2.25. The van der Waals surface area contributed by atoms with Crippen LogP contribution < -0.4 is 0 Å². The van der Waals surface area contributed by atoms with Gasteiger partial charge in [0.15, 0.2) is 0 Å². The molecule has 1 atom stereocenters. The zero-order chi connectivity index (χ0) is 18.4. The molecule has 0 radical (unpaired) electrons. The van der Waals surface area contributed by atoms with Crippen LogP contribution in [0.5, 0.6) is 0 Å². The molecule has 0 aliphatic heterocycles. The lowest BCUT2D eigenvalue weighted by Crippen LogP contribution is -2.24. The molecule has 136 valence electrons. The maximum Gasteiger partial charge on any atom is 0.129 e. The summed E-state index contributed by atoms with van der Waals surface area (Å²) in [4.78, 5) is 2.09. The summed E-state index contributed by atoms with van der Waals surface area (Å²) >= 11 is 0. The van der Waals surface area contributed by atoms with Gasteiger partial charge >= 0.3 is 0 Å². The van der Waals surface area contributed by atoms with Crippen LogP contribution in [0, 0.1) is 25.5 Å². The van der Waals surface area contributed by atoms with Crippen LogP contribution in [0.1, 0.15) is 34.8 Å². The summed E-state index contributed by atoms with van der Waals surface area (Å²) in [6.45, 7) is 5.39. The van der Waals surface area contributed by atoms with Crippen molar-refractivity contribution in [3.05, 3.63) is 70.3 Å². The van der Waals surface area contributed by atoms with E-state index in [4.69, 9.17) is 4.74 Å². The van der Waals surface area contributed by atoms with Gasteiger partial charge in [0.1, 0.15) is 11.6 Å².